The Morgan fingerprint density at radius 2 is 1.82 bits per heavy atom. The SMILES string of the molecule is CCC(CC)N(CC(C)C)C(=O)C1(N)CCC1. The van der Waals surface area contributed by atoms with E-state index in [1.165, 1.54) is 0 Å². The summed E-state index contributed by atoms with van der Waals surface area (Å²) in [6.45, 7) is 9.46. The molecule has 1 rings (SSSR count). The number of hydrogen-bond donors (Lipinski definition) is 1. The van der Waals surface area contributed by atoms with Crippen molar-refractivity contribution in [3.8, 4) is 0 Å². The van der Waals surface area contributed by atoms with Gasteiger partial charge in [0.1, 0.15) is 0 Å². The van der Waals surface area contributed by atoms with Crippen molar-refractivity contribution in [1.29, 1.82) is 0 Å². The lowest BCUT2D eigenvalue weighted by Crippen LogP contribution is -2.61. The molecule has 0 bridgehead atoms. The Bertz CT molecular complexity index is 255. The van der Waals surface area contributed by atoms with Crippen LogP contribution in [0.4, 0.5) is 0 Å². The average molecular weight is 240 g/mol. The highest BCUT2D eigenvalue weighted by atomic mass is 16.2. The fourth-order valence-electron chi connectivity index (χ4n) is 2.58. The first kappa shape index (κ1) is 14.5. The van der Waals surface area contributed by atoms with Crippen LogP contribution in [0.3, 0.4) is 0 Å². The standard InChI is InChI=1S/C14H28N2O/c1-5-12(6-2)16(10-11(3)4)13(17)14(15)8-7-9-14/h11-12H,5-10,15H2,1-4H3. The number of nitrogens with two attached hydrogens (primary N) is 1. The highest BCUT2D eigenvalue weighted by Crippen LogP contribution is 2.32. The van der Waals surface area contributed by atoms with Crippen LogP contribution in [0.25, 0.3) is 0 Å². The number of carbonyl (C=O) groups is 1. The van der Waals surface area contributed by atoms with Gasteiger partial charge < -0.3 is 10.6 Å². The van der Waals surface area contributed by atoms with Gasteiger partial charge in [-0.3, -0.25) is 4.79 Å². The van der Waals surface area contributed by atoms with Crippen molar-refractivity contribution in [2.75, 3.05) is 6.54 Å². The normalized spacial score (nSPS) is 18.3. The summed E-state index contributed by atoms with van der Waals surface area (Å²) in [5, 5.41) is 0. The summed E-state index contributed by atoms with van der Waals surface area (Å²) < 4.78 is 0. The van der Waals surface area contributed by atoms with Crippen molar-refractivity contribution in [2.45, 2.75) is 71.4 Å². The van der Waals surface area contributed by atoms with Crippen LogP contribution in [0.15, 0.2) is 0 Å². The number of carbonyl (C=O) groups excluding carboxylic acids is 1. The fraction of sp³-hybridized carbons (Fsp3) is 0.929. The van der Waals surface area contributed by atoms with Crippen LogP contribution >= 0.6 is 0 Å². The molecule has 0 saturated heterocycles. The number of hydrogen-bond acceptors (Lipinski definition) is 2. The van der Waals surface area contributed by atoms with Gasteiger partial charge in [-0.15, -0.1) is 0 Å². The first-order valence-electron chi connectivity index (χ1n) is 7.04. The van der Waals surface area contributed by atoms with Gasteiger partial charge in [0.25, 0.3) is 0 Å². The second kappa shape index (κ2) is 5.85. The zero-order chi connectivity index (χ0) is 13.1. The van der Waals surface area contributed by atoms with Crippen LogP contribution in [0, 0.1) is 5.92 Å². The first-order valence-corrected chi connectivity index (χ1v) is 7.04. The van der Waals surface area contributed by atoms with E-state index >= 15 is 0 Å². The summed E-state index contributed by atoms with van der Waals surface area (Å²) in [5.74, 6) is 0.689. The van der Waals surface area contributed by atoms with E-state index in [4.69, 9.17) is 5.73 Å². The molecule has 0 aromatic heterocycles. The fourth-order valence-corrected chi connectivity index (χ4v) is 2.58. The molecule has 1 aliphatic rings. The van der Waals surface area contributed by atoms with Gasteiger partial charge >= 0.3 is 0 Å². The van der Waals surface area contributed by atoms with Gasteiger partial charge in [0, 0.05) is 12.6 Å². The van der Waals surface area contributed by atoms with E-state index in [2.05, 4.69) is 27.7 Å². The van der Waals surface area contributed by atoms with Crippen molar-refractivity contribution in [3.05, 3.63) is 0 Å². The molecular weight excluding hydrogens is 212 g/mol. The van der Waals surface area contributed by atoms with Crippen LogP contribution in [0.1, 0.15) is 59.8 Å². The third kappa shape index (κ3) is 3.21. The Morgan fingerprint density at radius 1 is 1.29 bits per heavy atom. The molecule has 1 fully saturated rings. The van der Waals surface area contributed by atoms with Crippen molar-refractivity contribution in [1.82, 2.24) is 4.90 Å². The van der Waals surface area contributed by atoms with Crippen LogP contribution in [-0.2, 0) is 4.79 Å². The predicted molar refractivity (Wildman–Crippen MR) is 71.7 cm³/mol. The molecule has 1 amide bonds. The number of nitrogens with zero attached hydrogens (tertiary/aromatic N) is 1. The molecule has 0 aromatic carbocycles. The third-order valence-electron chi connectivity index (χ3n) is 3.88. The monoisotopic (exact) mass is 240 g/mol. The molecule has 1 saturated carbocycles. The molecule has 17 heavy (non-hydrogen) atoms. The van der Waals surface area contributed by atoms with Gasteiger partial charge in [-0.1, -0.05) is 27.7 Å². The Hall–Kier alpha value is -0.570. The predicted octanol–water partition coefficient (Wildman–Crippen LogP) is 2.54. The summed E-state index contributed by atoms with van der Waals surface area (Å²) in [7, 11) is 0. The molecule has 0 spiro atoms. The molecule has 100 valence electrons. The smallest absolute Gasteiger partial charge is 0.242 e. The molecule has 0 radical (unpaired) electrons. The van der Waals surface area contributed by atoms with E-state index < -0.39 is 5.54 Å². The third-order valence-corrected chi connectivity index (χ3v) is 3.88. The maximum atomic E-state index is 12.5. The summed E-state index contributed by atoms with van der Waals surface area (Å²) >= 11 is 0. The Balaban J connectivity index is 2.77. The first-order chi connectivity index (χ1) is 7.94. The Labute approximate surface area is 106 Å². The molecule has 0 unspecified atom stereocenters. The van der Waals surface area contributed by atoms with Crippen LogP contribution < -0.4 is 5.73 Å². The number of rotatable bonds is 6. The minimum Gasteiger partial charge on any atom is -0.338 e. The molecule has 3 heteroatoms. The maximum absolute atomic E-state index is 12.5. The molecular formula is C14H28N2O. The van der Waals surface area contributed by atoms with Crippen LogP contribution in [0.5, 0.6) is 0 Å². The summed E-state index contributed by atoms with van der Waals surface area (Å²) in [5.41, 5.74) is 5.63. The van der Waals surface area contributed by atoms with E-state index in [1.807, 2.05) is 4.90 Å². The molecule has 0 aromatic rings. The number of amides is 1. The van der Waals surface area contributed by atoms with Crippen LogP contribution in [-0.4, -0.2) is 28.9 Å². The lowest BCUT2D eigenvalue weighted by molar-refractivity contribution is -0.143. The zero-order valence-corrected chi connectivity index (χ0v) is 11.8. The highest BCUT2D eigenvalue weighted by molar-refractivity contribution is 5.87. The average Bonchev–Trinajstić information content (AvgIpc) is 2.24. The van der Waals surface area contributed by atoms with E-state index in [0.29, 0.717) is 12.0 Å². The minimum atomic E-state index is -0.544. The zero-order valence-electron chi connectivity index (χ0n) is 11.8. The second-order valence-electron chi connectivity index (χ2n) is 5.83. The van der Waals surface area contributed by atoms with Gasteiger partial charge in [0.15, 0.2) is 0 Å². The van der Waals surface area contributed by atoms with Crippen molar-refractivity contribution in [2.24, 2.45) is 11.7 Å². The molecule has 0 atom stereocenters. The lowest BCUT2D eigenvalue weighted by atomic mass is 9.76. The molecule has 3 nitrogen and oxygen atoms in total. The van der Waals surface area contributed by atoms with Crippen molar-refractivity contribution < 1.29 is 4.79 Å². The van der Waals surface area contributed by atoms with Gasteiger partial charge in [-0.2, -0.15) is 0 Å². The summed E-state index contributed by atoms with van der Waals surface area (Å²) in [4.78, 5) is 14.6. The lowest BCUT2D eigenvalue weighted by Gasteiger charge is -2.43. The maximum Gasteiger partial charge on any atom is 0.242 e. The highest BCUT2D eigenvalue weighted by Gasteiger charge is 2.43. The van der Waals surface area contributed by atoms with Gasteiger partial charge in [-0.05, 0) is 38.0 Å². The second-order valence-corrected chi connectivity index (χ2v) is 5.83. The van der Waals surface area contributed by atoms with E-state index in [1.54, 1.807) is 0 Å². The molecule has 2 N–H and O–H groups in total. The van der Waals surface area contributed by atoms with Gasteiger partial charge in [-0.25, -0.2) is 0 Å². The largest absolute Gasteiger partial charge is 0.338 e. The van der Waals surface area contributed by atoms with Crippen molar-refractivity contribution >= 4 is 5.91 Å². The van der Waals surface area contributed by atoms with E-state index in [9.17, 15) is 4.79 Å². The van der Waals surface area contributed by atoms with Gasteiger partial charge in [0.05, 0.1) is 5.54 Å². The summed E-state index contributed by atoms with van der Waals surface area (Å²) in [6, 6.07) is 0.353. The Kier molecular flexibility index (Phi) is 4.99. The van der Waals surface area contributed by atoms with Crippen LogP contribution in [0.2, 0.25) is 0 Å². The minimum absolute atomic E-state index is 0.186. The topological polar surface area (TPSA) is 46.3 Å². The molecule has 0 aliphatic heterocycles. The van der Waals surface area contributed by atoms with E-state index in [0.717, 1.165) is 38.6 Å². The molecule has 0 heterocycles. The molecule has 1 aliphatic carbocycles. The van der Waals surface area contributed by atoms with E-state index in [-0.39, 0.29) is 5.91 Å². The van der Waals surface area contributed by atoms with Crippen molar-refractivity contribution in [3.63, 3.8) is 0 Å². The van der Waals surface area contributed by atoms with Gasteiger partial charge in [0.2, 0.25) is 5.91 Å². The Morgan fingerprint density at radius 3 is 2.12 bits per heavy atom. The summed E-state index contributed by atoms with van der Waals surface area (Å²) in [6.07, 6.45) is 4.86. The quantitative estimate of drug-likeness (QED) is 0.775.